The number of nitrogens with zero attached hydrogens (tertiary/aromatic N) is 3. The standard InChI is InChI=1S/C19H18N4O2/c1-12-3-6-15(7-4-12)19-21-18(13(2)22-23-19)20-10-14-5-8-16-17(9-14)25-11-24-16/h3-9H,10-11H2,1-2H3,(H,20,21,23). The normalized spacial score (nSPS) is 12.2. The molecule has 25 heavy (non-hydrogen) atoms. The van der Waals surface area contributed by atoms with Crippen LogP contribution in [0, 0.1) is 13.8 Å². The van der Waals surface area contributed by atoms with Gasteiger partial charge in [-0.2, -0.15) is 0 Å². The van der Waals surface area contributed by atoms with E-state index in [1.54, 1.807) is 0 Å². The highest BCUT2D eigenvalue weighted by Gasteiger charge is 2.13. The molecule has 0 spiro atoms. The lowest BCUT2D eigenvalue weighted by Crippen LogP contribution is -2.07. The fraction of sp³-hybridized carbons (Fsp3) is 0.211. The highest BCUT2D eigenvalue weighted by atomic mass is 16.7. The van der Waals surface area contributed by atoms with Gasteiger partial charge in [0.05, 0.1) is 0 Å². The van der Waals surface area contributed by atoms with Gasteiger partial charge >= 0.3 is 0 Å². The van der Waals surface area contributed by atoms with Crippen LogP contribution in [0.3, 0.4) is 0 Å². The number of nitrogens with one attached hydrogen (secondary N) is 1. The quantitative estimate of drug-likeness (QED) is 0.787. The summed E-state index contributed by atoms with van der Waals surface area (Å²) in [5, 5.41) is 11.8. The van der Waals surface area contributed by atoms with Crippen molar-refractivity contribution < 1.29 is 9.47 Å². The van der Waals surface area contributed by atoms with Crippen LogP contribution < -0.4 is 14.8 Å². The van der Waals surface area contributed by atoms with Gasteiger partial charge in [-0.15, -0.1) is 10.2 Å². The largest absolute Gasteiger partial charge is 0.454 e. The molecule has 0 bridgehead atoms. The molecule has 2 heterocycles. The van der Waals surface area contributed by atoms with Crippen molar-refractivity contribution in [2.45, 2.75) is 20.4 Å². The van der Waals surface area contributed by atoms with Gasteiger partial charge in [0.1, 0.15) is 5.69 Å². The predicted octanol–water partition coefficient (Wildman–Crippen LogP) is 3.50. The first-order valence-electron chi connectivity index (χ1n) is 8.10. The van der Waals surface area contributed by atoms with Gasteiger partial charge in [-0.3, -0.25) is 0 Å². The average Bonchev–Trinajstić information content (AvgIpc) is 3.09. The molecular formula is C19H18N4O2. The number of benzene rings is 2. The molecule has 6 heteroatoms. The van der Waals surface area contributed by atoms with Crippen LogP contribution in [-0.4, -0.2) is 22.0 Å². The van der Waals surface area contributed by atoms with Gasteiger partial charge in [0, 0.05) is 12.1 Å². The summed E-state index contributed by atoms with van der Waals surface area (Å²) in [6, 6.07) is 14.0. The molecule has 1 aromatic heterocycles. The van der Waals surface area contributed by atoms with Crippen molar-refractivity contribution in [3.63, 3.8) is 0 Å². The minimum Gasteiger partial charge on any atom is -0.454 e. The molecule has 0 radical (unpaired) electrons. The molecule has 1 aliphatic rings. The van der Waals surface area contributed by atoms with E-state index in [0.29, 0.717) is 12.4 Å². The molecule has 1 aliphatic heterocycles. The lowest BCUT2D eigenvalue weighted by Gasteiger charge is -2.10. The zero-order valence-corrected chi connectivity index (χ0v) is 14.1. The molecule has 6 nitrogen and oxygen atoms in total. The zero-order valence-electron chi connectivity index (χ0n) is 14.1. The molecule has 0 saturated carbocycles. The molecule has 4 rings (SSSR count). The van der Waals surface area contributed by atoms with Crippen molar-refractivity contribution in [1.82, 2.24) is 15.2 Å². The molecule has 0 amide bonds. The molecule has 0 saturated heterocycles. The summed E-state index contributed by atoms with van der Waals surface area (Å²) < 4.78 is 10.7. The van der Waals surface area contributed by atoms with Crippen LogP contribution in [0.5, 0.6) is 11.5 Å². The average molecular weight is 334 g/mol. The SMILES string of the molecule is Cc1ccc(-c2nnc(C)c(NCc3ccc4c(c3)OCO4)n2)cc1. The predicted molar refractivity (Wildman–Crippen MR) is 94.6 cm³/mol. The lowest BCUT2D eigenvalue weighted by molar-refractivity contribution is 0.174. The summed E-state index contributed by atoms with van der Waals surface area (Å²) >= 11 is 0. The fourth-order valence-electron chi connectivity index (χ4n) is 2.61. The van der Waals surface area contributed by atoms with E-state index in [0.717, 1.165) is 34.1 Å². The molecule has 2 aromatic carbocycles. The minimum absolute atomic E-state index is 0.279. The second-order valence-corrected chi connectivity index (χ2v) is 5.98. The molecule has 0 fully saturated rings. The number of rotatable bonds is 4. The van der Waals surface area contributed by atoms with E-state index in [1.807, 2.05) is 49.4 Å². The van der Waals surface area contributed by atoms with E-state index in [1.165, 1.54) is 5.56 Å². The van der Waals surface area contributed by atoms with E-state index in [-0.39, 0.29) is 6.79 Å². The van der Waals surface area contributed by atoms with Crippen LogP contribution in [0.25, 0.3) is 11.4 Å². The molecule has 0 unspecified atom stereocenters. The summed E-state index contributed by atoms with van der Waals surface area (Å²) in [6.07, 6.45) is 0. The van der Waals surface area contributed by atoms with Crippen LogP contribution >= 0.6 is 0 Å². The van der Waals surface area contributed by atoms with E-state index in [2.05, 4.69) is 27.4 Å². The maximum absolute atomic E-state index is 5.41. The van der Waals surface area contributed by atoms with Crippen molar-refractivity contribution in [3.05, 3.63) is 59.3 Å². The molecular weight excluding hydrogens is 316 g/mol. The third-order valence-electron chi connectivity index (χ3n) is 4.06. The Bertz CT molecular complexity index is 910. The van der Waals surface area contributed by atoms with Gasteiger partial charge in [0.2, 0.25) is 6.79 Å². The van der Waals surface area contributed by atoms with Gasteiger partial charge < -0.3 is 14.8 Å². The Kier molecular flexibility index (Phi) is 3.93. The third-order valence-corrected chi connectivity index (χ3v) is 4.06. The van der Waals surface area contributed by atoms with E-state index >= 15 is 0 Å². The highest BCUT2D eigenvalue weighted by Crippen LogP contribution is 2.32. The van der Waals surface area contributed by atoms with Crippen LogP contribution in [0.2, 0.25) is 0 Å². The Balaban J connectivity index is 1.54. The Morgan fingerprint density at radius 2 is 1.76 bits per heavy atom. The summed E-state index contributed by atoms with van der Waals surface area (Å²) in [6.45, 7) is 4.84. The molecule has 0 atom stereocenters. The minimum atomic E-state index is 0.279. The summed E-state index contributed by atoms with van der Waals surface area (Å²) in [5.41, 5.74) is 3.99. The summed E-state index contributed by atoms with van der Waals surface area (Å²) in [4.78, 5) is 4.62. The maximum Gasteiger partial charge on any atom is 0.231 e. The first-order valence-corrected chi connectivity index (χ1v) is 8.10. The van der Waals surface area contributed by atoms with Gasteiger partial charge in [0.25, 0.3) is 0 Å². The smallest absolute Gasteiger partial charge is 0.231 e. The van der Waals surface area contributed by atoms with Gasteiger partial charge in [-0.25, -0.2) is 4.98 Å². The number of ether oxygens (including phenoxy) is 2. The van der Waals surface area contributed by atoms with E-state index in [9.17, 15) is 0 Å². The number of hydrogen-bond acceptors (Lipinski definition) is 6. The van der Waals surface area contributed by atoms with Crippen molar-refractivity contribution in [1.29, 1.82) is 0 Å². The van der Waals surface area contributed by atoms with Crippen LogP contribution in [0.15, 0.2) is 42.5 Å². The highest BCUT2D eigenvalue weighted by molar-refractivity contribution is 5.57. The number of aryl methyl sites for hydroxylation is 2. The van der Waals surface area contributed by atoms with Crippen molar-refractivity contribution in [2.75, 3.05) is 12.1 Å². The second-order valence-electron chi connectivity index (χ2n) is 5.98. The fourth-order valence-corrected chi connectivity index (χ4v) is 2.61. The summed E-state index contributed by atoms with van der Waals surface area (Å²) in [7, 11) is 0. The van der Waals surface area contributed by atoms with Crippen LogP contribution in [0.1, 0.15) is 16.8 Å². The number of anilines is 1. The first-order chi connectivity index (χ1) is 12.2. The molecule has 0 aliphatic carbocycles. The molecule has 1 N–H and O–H groups in total. The molecule has 126 valence electrons. The monoisotopic (exact) mass is 334 g/mol. The number of hydrogen-bond donors (Lipinski definition) is 1. The van der Waals surface area contributed by atoms with Crippen LogP contribution in [0.4, 0.5) is 5.82 Å². The topological polar surface area (TPSA) is 69.2 Å². The van der Waals surface area contributed by atoms with E-state index < -0.39 is 0 Å². The van der Waals surface area contributed by atoms with Crippen molar-refractivity contribution in [2.24, 2.45) is 0 Å². The Hall–Kier alpha value is -3.15. The number of aromatic nitrogens is 3. The first kappa shape index (κ1) is 15.4. The zero-order chi connectivity index (χ0) is 17.2. The van der Waals surface area contributed by atoms with Gasteiger partial charge in [-0.1, -0.05) is 35.9 Å². The van der Waals surface area contributed by atoms with Gasteiger partial charge in [0.15, 0.2) is 23.1 Å². The lowest BCUT2D eigenvalue weighted by atomic mass is 10.1. The Morgan fingerprint density at radius 3 is 2.60 bits per heavy atom. The Labute approximate surface area is 145 Å². The van der Waals surface area contributed by atoms with Crippen molar-refractivity contribution in [3.8, 4) is 22.9 Å². The van der Waals surface area contributed by atoms with Crippen LogP contribution in [-0.2, 0) is 6.54 Å². The number of fused-ring (bicyclic) bond motifs is 1. The van der Waals surface area contributed by atoms with Gasteiger partial charge in [-0.05, 0) is 31.5 Å². The third kappa shape index (κ3) is 3.24. The van der Waals surface area contributed by atoms with Crippen molar-refractivity contribution >= 4 is 5.82 Å². The Morgan fingerprint density at radius 1 is 0.960 bits per heavy atom. The summed E-state index contributed by atoms with van der Waals surface area (Å²) in [5.74, 6) is 2.89. The maximum atomic E-state index is 5.41. The van der Waals surface area contributed by atoms with E-state index in [4.69, 9.17) is 9.47 Å². The molecule has 3 aromatic rings. The second kappa shape index (κ2) is 6.39.